The maximum atomic E-state index is 10.6. The molecule has 0 atom stereocenters. The van der Waals surface area contributed by atoms with Crippen LogP contribution in [0.4, 0.5) is 5.69 Å². The van der Waals surface area contributed by atoms with Crippen LogP contribution in [0.5, 0.6) is 0 Å². The molecule has 0 bridgehead atoms. The Morgan fingerprint density at radius 2 is 1.89 bits per heavy atom. The largest absolute Gasteiger partial charge is 0.510 e. The molecule has 4 rings (SSSR count). The number of hydrogen-bond acceptors (Lipinski definition) is 4. The molecule has 6 heteroatoms. The lowest BCUT2D eigenvalue weighted by atomic mass is 10.1. The van der Waals surface area contributed by atoms with Gasteiger partial charge in [0.25, 0.3) is 0 Å². The fourth-order valence-corrected chi connectivity index (χ4v) is 4.54. The molecule has 4 nitrogen and oxygen atoms in total. The summed E-state index contributed by atoms with van der Waals surface area (Å²) in [6.45, 7) is 4.37. The van der Waals surface area contributed by atoms with Crippen LogP contribution in [0, 0.1) is 19.3 Å². The second-order valence-corrected chi connectivity index (χ2v) is 8.65. The molecule has 1 aliphatic heterocycles. The summed E-state index contributed by atoms with van der Waals surface area (Å²) in [6, 6.07) is 16.0. The molecule has 0 fully saturated rings. The Hall–Kier alpha value is -2.44. The fourth-order valence-electron chi connectivity index (χ4n) is 3.15. The normalized spacial score (nSPS) is 14.3. The van der Waals surface area contributed by atoms with E-state index in [1.807, 2.05) is 31.2 Å². The van der Waals surface area contributed by atoms with Crippen molar-refractivity contribution in [2.75, 3.05) is 11.4 Å². The fraction of sp³-hybridized carbons (Fsp3) is 0.143. The van der Waals surface area contributed by atoms with E-state index in [0.717, 1.165) is 26.3 Å². The topological polar surface area (TPSA) is 60.2 Å². The van der Waals surface area contributed by atoms with E-state index < -0.39 is 0 Å². The predicted octanol–water partition coefficient (Wildman–Crippen LogP) is 5.96. The summed E-state index contributed by atoms with van der Waals surface area (Å²) in [6.07, 6.45) is 0. The first kappa shape index (κ1) is 17.9. The third-order valence-electron chi connectivity index (χ3n) is 4.56. The zero-order chi connectivity index (χ0) is 19.1. The summed E-state index contributed by atoms with van der Waals surface area (Å²) in [7, 11) is 0. The Kier molecular flexibility index (Phi) is 4.61. The van der Waals surface area contributed by atoms with Gasteiger partial charge in [-0.15, -0.1) is 11.3 Å². The number of rotatable bonds is 3. The third-order valence-corrected chi connectivity index (χ3v) is 6.04. The number of benzene rings is 2. The van der Waals surface area contributed by atoms with Crippen molar-refractivity contribution in [3.63, 3.8) is 0 Å². The Labute approximate surface area is 170 Å². The van der Waals surface area contributed by atoms with E-state index in [9.17, 15) is 5.11 Å². The number of aromatic nitrogens is 1. The lowest BCUT2D eigenvalue weighted by Crippen LogP contribution is -2.25. The van der Waals surface area contributed by atoms with Crippen molar-refractivity contribution in [1.82, 2.24) is 4.98 Å². The quantitative estimate of drug-likeness (QED) is 0.529. The standard InChI is InChI=1S/C21H18BrN3OS/c1-12-6-8-14(9-7-12)19-13(2)27-21(24-19)18-17(26)11-25(20(18)23)16-5-3-4-15(22)10-16/h3-10,23,26H,11H2,1-2H3. The van der Waals surface area contributed by atoms with E-state index in [0.29, 0.717) is 10.6 Å². The van der Waals surface area contributed by atoms with Gasteiger partial charge in [-0.2, -0.15) is 0 Å². The van der Waals surface area contributed by atoms with Crippen LogP contribution < -0.4 is 4.90 Å². The number of nitrogens with zero attached hydrogens (tertiary/aromatic N) is 2. The summed E-state index contributed by atoms with van der Waals surface area (Å²) < 4.78 is 0.937. The van der Waals surface area contributed by atoms with Crippen molar-refractivity contribution in [1.29, 1.82) is 5.41 Å². The van der Waals surface area contributed by atoms with Gasteiger partial charge in [-0.25, -0.2) is 4.98 Å². The van der Waals surface area contributed by atoms with Gasteiger partial charge in [0.05, 0.1) is 17.8 Å². The van der Waals surface area contributed by atoms with E-state index >= 15 is 0 Å². The minimum Gasteiger partial charge on any atom is -0.510 e. The summed E-state index contributed by atoms with van der Waals surface area (Å²) in [5.74, 6) is 0.457. The van der Waals surface area contributed by atoms with E-state index in [4.69, 9.17) is 10.4 Å². The van der Waals surface area contributed by atoms with Crippen LogP contribution in [-0.2, 0) is 0 Å². The van der Waals surface area contributed by atoms with Gasteiger partial charge in [-0.3, -0.25) is 5.41 Å². The molecule has 0 amide bonds. The molecule has 1 aliphatic rings. The molecule has 0 unspecified atom stereocenters. The van der Waals surface area contributed by atoms with E-state index in [1.54, 1.807) is 4.90 Å². The van der Waals surface area contributed by atoms with E-state index in [2.05, 4.69) is 47.1 Å². The highest BCUT2D eigenvalue weighted by Crippen LogP contribution is 2.37. The molecule has 2 aromatic carbocycles. The Balaban J connectivity index is 1.69. The van der Waals surface area contributed by atoms with Gasteiger partial charge >= 0.3 is 0 Å². The molecule has 136 valence electrons. The first-order valence-electron chi connectivity index (χ1n) is 8.53. The number of halogens is 1. The average Bonchev–Trinajstić information content (AvgIpc) is 3.15. The van der Waals surface area contributed by atoms with Crippen LogP contribution in [0.3, 0.4) is 0 Å². The highest BCUT2D eigenvalue weighted by Gasteiger charge is 2.31. The molecular weight excluding hydrogens is 422 g/mol. The number of amidine groups is 1. The van der Waals surface area contributed by atoms with Gasteiger partial charge in [-0.1, -0.05) is 51.8 Å². The molecule has 3 aromatic rings. The third kappa shape index (κ3) is 3.31. The van der Waals surface area contributed by atoms with Crippen LogP contribution in [0.25, 0.3) is 16.8 Å². The molecule has 2 heterocycles. The highest BCUT2D eigenvalue weighted by molar-refractivity contribution is 9.10. The van der Waals surface area contributed by atoms with E-state index in [-0.39, 0.29) is 18.1 Å². The first-order valence-corrected chi connectivity index (χ1v) is 10.1. The van der Waals surface area contributed by atoms with Crippen molar-refractivity contribution in [2.45, 2.75) is 13.8 Å². The number of hydrogen-bond donors (Lipinski definition) is 2. The van der Waals surface area contributed by atoms with E-state index in [1.165, 1.54) is 16.9 Å². The summed E-state index contributed by atoms with van der Waals surface area (Å²) in [4.78, 5) is 7.62. The molecule has 0 saturated carbocycles. The summed E-state index contributed by atoms with van der Waals surface area (Å²) in [5, 5.41) is 19.9. The second kappa shape index (κ2) is 6.94. The van der Waals surface area contributed by atoms with Crippen molar-refractivity contribution in [3.05, 3.63) is 74.2 Å². The smallest absolute Gasteiger partial charge is 0.139 e. The highest BCUT2D eigenvalue weighted by atomic mass is 79.9. The lowest BCUT2D eigenvalue weighted by molar-refractivity contribution is 0.411. The number of aliphatic hydroxyl groups is 1. The molecule has 0 spiro atoms. The Bertz CT molecular complexity index is 1070. The molecule has 0 aliphatic carbocycles. The number of thiazole rings is 1. The SMILES string of the molecule is Cc1ccc(-c2nc(C3=C(O)CN(c4cccc(Br)c4)C3=N)sc2C)cc1. The molecule has 0 saturated heterocycles. The van der Waals surface area contributed by atoms with Crippen LogP contribution in [0.15, 0.2) is 58.8 Å². The van der Waals surface area contributed by atoms with Gasteiger partial charge in [0.2, 0.25) is 0 Å². The maximum absolute atomic E-state index is 10.6. The van der Waals surface area contributed by atoms with Gasteiger partial charge < -0.3 is 10.0 Å². The van der Waals surface area contributed by atoms with Crippen molar-refractivity contribution < 1.29 is 5.11 Å². The molecular formula is C21H18BrN3OS. The monoisotopic (exact) mass is 439 g/mol. The van der Waals surface area contributed by atoms with Gasteiger partial charge in [-0.05, 0) is 32.0 Å². The number of aliphatic hydroxyl groups excluding tert-OH is 1. The van der Waals surface area contributed by atoms with Crippen LogP contribution >= 0.6 is 27.3 Å². The Morgan fingerprint density at radius 1 is 1.15 bits per heavy atom. The zero-order valence-corrected chi connectivity index (χ0v) is 17.4. The second-order valence-electron chi connectivity index (χ2n) is 6.53. The van der Waals surface area contributed by atoms with Crippen molar-refractivity contribution >= 4 is 44.4 Å². The number of aryl methyl sites for hydroxylation is 2. The van der Waals surface area contributed by atoms with Gasteiger partial charge in [0, 0.05) is 20.6 Å². The average molecular weight is 440 g/mol. The summed E-state index contributed by atoms with van der Waals surface area (Å²) >= 11 is 4.98. The molecule has 0 radical (unpaired) electrons. The van der Waals surface area contributed by atoms with Crippen molar-refractivity contribution in [3.8, 4) is 11.3 Å². The Morgan fingerprint density at radius 3 is 2.59 bits per heavy atom. The summed E-state index contributed by atoms with van der Waals surface area (Å²) in [5.41, 5.74) is 4.54. The van der Waals surface area contributed by atoms with Gasteiger partial charge in [0.15, 0.2) is 0 Å². The van der Waals surface area contributed by atoms with Crippen LogP contribution in [0.1, 0.15) is 15.4 Å². The zero-order valence-electron chi connectivity index (χ0n) is 15.0. The van der Waals surface area contributed by atoms with Crippen LogP contribution in [0.2, 0.25) is 0 Å². The van der Waals surface area contributed by atoms with Crippen LogP contribution in [-0.4, -0.2) is 22.5 Å². The molecule has 27 heavy (non-hydrogen) atoms. The lowest BCUT2D eigenvalue weighted by Gasteiger charge is -2.18. The number of anilines is 1. The first-order chi connectivity index (χ1) is 12.9. The number of nitrogens with one attached hydrogen (secondary N) is 1. The molecule has 2 N–H and O–H groups in total. The van der Waals surface area contributed by atoms with Gasteiger partial charge in [0.1, 0.15) is 16.6 Å². The minimum atomic E-state index is 0.184. The van der Waals surface area contributed by atoms with Crippen molar-refractivity contribution in [2.24, 2.45) is 0 Å². The maximum Gasteiger partial charge on any atom is 0.139 e. The predicted molar refractivity (Wildman–Crippen MR) is 116 cm³/mol. The minimum absolute atomic E-state index is 0.184. The molecule has 1 aromatic heterocycles.